The minimum Gasteiger partial charge on any atom is -0.618 e. The molecule has 10 nitrogen and oxygen atoms in total. The summed E-state index contributed by atoms with van der Waals surface area (Å²) < 4.78 is 28.4. The second kappa shape index (κ2) is 10.0. The summed E-state index contributed by atoms with van der Waals surface area (Å²) in [5.74, 6) is -0.405. The summed E-state index contributed by atoms with van der Waals surface area (Å²) in [4.78, 5) is 23.0. The first kappa shape index (κ1) is 25.0. The SMILES string of the molecule is O=C(c1ncc(-c2cc[n+]([O-])c(CO)c2)cn1)N1CCN(S(=O)(=O)c2ccc3cc(Cl)ccc3c2)CC1. The Balaban J connectivity index is 1.26. The van der Waals surface area contributed by atoms with Crippen LogP contribution in [0, 0.1) is 5.21 Å². The molecule has 2 aromatic carbocycles. The Morgan fingerprint density at radius 2 is 1.65 bits per heavy atom. The maximum absolute atomic E-state index is 13.2. The van der Waals surface area contributed by atoms with Crippen molar-refractivity contribution in [2.75, 3.05) is 26.2 Å². The first-order valence-corrected chi connectivity index (χ1v) is 13.2. The zero-order valence-electron chi connectivity index (χ0n) is 19.5. The van der Waals surface area contributed by atoms with E-state index >= 15 is 0 Å². The van der Waals surface area contributed by atoms with E-state index in [9.17, 15) is 23.5 Å². The number of hydrogen-bond donors (Lipinski definition) is 1. The lowest BCUT2D eigenvalue weighted by Crippen LogP contribution is -2.50. The van der Waals surface area contributed by atoms with Gasteiger partial charge in [0.05, 0.1) is 4.90 Å². The van der Waals surface area contributed by atoms with E-state index in [2.05, 4.69) is 9.97 Å². The lowest BCUT2D eigenvalue weighted by atomic mass is 10.1. The molecule has 1 fully saturated rings. The lowest BCUT2D eigenvalue weighted by molar-refractivity contribution is -0.616. The maximum Gasteiger partial charge on any atom is 0.291 e. The van der Waals surface area contributed by atoms with Gasteiger partial charge in [-0.25, -0.2) is 18.4 Å². The first-order valence-electron chi connectivity index (χ1n) is 11.4. The fourth-order valence-corrected chi connectivity index (χ4v) is 5.83. The Morgan fingerprint density at radius 3 is 2.35 bits per heavy atom. The van der Waals surface area contributed by atoms with Gasteiger partial charge in [-0.1, -0.05) is 23.7 Å². The fourth-order valence-electron chi connectivity index (χ4n) is 4.19. The molecule has 1 N–H and O–H groups in total. The molecule has 0 unspecified atom stereocenters. The van der Waals surface area contributed by atoms with E-state index in [1.165, 1.54) is 33.9 Å². The Morgan fingerprint density at radius 1 is 0.973 bits per heavy atom. The number of piperazine rings is 1. The first-order chi connectivity index (χ1) is 17.8. The van der Waals surface area contributed by atoms with Crippen molar-refractivity contribution >= 4 is 38.3 Å². The molecular formula is C25H22ClN5O5S. The predicted octanol–water partition coefficient (Wildman–Crippen LogP) is 2.22. The molecular weight excluding hydrogens is 518 g/mol. The lowest BCUT2D eigenvalue weighted by Gasteiger charge is -2.33. The van der Waals surface area contributed by atoms with Crippen LogP contribution in [0.4, 0.5) is 0 Å². The van der Waals surface area contributed by atoms with Crippen LogP contribution in [-0.2, 0) is 16.6 Å². The van der Waals surface area contributed by atoms with Crippen molar-refractivity contribution in [2.24, 2.45) is 0 Å². The molecule has 1 saturated heterocycles. The van der Waals surface area contributed by atoms with Gasteiger partial charge >= 0.3 is 0 Å². The van der Waals surface area contributed by atoms with Crippen molar-refractivity contribution in [1.29, 1.82) is 0 Å². The molecule has 4 aromatic rings. The number of fused-ring (bicyclic) bond motifs is 1. The van der Waals surface area contributed by atoms with Gasteiger partial charge in [0.2, 0.25) is 21.5 Å². The molecule has 0 spiro atoms. The number of aliphatic hydroxyl groups excluding tert-OH is 1. The largest absolute Gasteiger partial charge is 0.618 e. The van der Waals surface area contributed by atoms with Gasteiger partial charge < -0.3 is 15.2 Å². The molecule has 0 bridgehead atoms. The van der Waals surface area contributed by atoms with Crippen molar-refractivity contribution in [3.8, 4) is 11.1 Å². The number of aromatic nitrogens is 3. The number of benzene rings is 2. The van der Waals surface area contributed by atoms with Crippen molar-refractivity contribution < 1.29 is 23.0 Å². The summed E-state index contributed by atoms with van der Waals surface area (Å²) in [5.41, 5.74) is 1.39. The number of carbonyl (C=O) groups is 1. The van der Waals surface area contributed by atoms with E-state index in [0.717, 1.165) is 10.8 Å². The molecule has 1 aliphatic heterocycles. The van der Waals surface area contributed by atoms with Gasteiger partial charge in [0.15, 0.2) is 6.20 Å². The molecule has 0 radical (unpaired) electrons. The summed E-state index contributed by atoms with van der Waals surface area (Å²) in [7, 11) is -3.73. The van der Waals surface area contributed by atoms with Crippen LogP contribution in [0.1, 0.15) is 16.3 Å². The van der Waals surface area contributed by atoms with E-state index < -0.39 is 22.5 Å². The van der Waals surface area contributed by atoms with Gasteiger partial charge in [0.1, 0.15) is 6.61 Å². The average Bonchev–Trinajstić information content (AvgIpc) is 2.92. The molecule has 0 saturated carbocycles. The van der Waals surface area contributed by atoms with E-state index in [4.69, 9.17) is 11.6 Å². The summed E-state index contributed by atoms with van der Waals surface area (Å²) in [6, 6.07) is 13.3. The van der Waals surface area contributed by atoms with E-state index in [1.54, 1.807) is 42.5 Å². The van der Waals surface area contributed by atoms with Gasteiger partial charge in [-0.15, -0.1) is 0 Å². The topological polar surface area (TPSA) is 131 Å². The number of halogens is 1. The molecule has 5 rings (SSSR count). The zero-order valence-corrected chi connectivity index (χ0v) is 21.1. The van der Waals surface area contributed by atoms with Crippen LogP contribution in [-0.4, -0.2) is 64.8 Å². The summed E-state index contributed by atoms with van der Waals surface area (Å²) >= 11 is 6.02. The number of rotatable bonds is 5. The monoisotopic (exact) mass is 539 g/mol. The highest BCUT2D eigenvalue weighted by Gasteiger charge is 2.31. The smallest absolute Gasteiger partial charge is 0.291 e. The number of sulfonamides is 1. The van der Waals surface area contributed by atoms with Crippen LogP contribution < -0.4 is 4.73 Å². The summed E-state index contributed by atoms with van der Waals surface area (Å²) in [5, 5.41) is 23.1. The minimum absolute atomic E-state index is 0.00884. The number of pyridine rings is 1. The molecule has 1 amide bonds. The fraction of sp³-hybridized carbons (Fsp3) is 0.200. The third-order valence-electron chi connectivity index (χ3n) is 6.27. The standard InChI is InChI=1S/C25H22ClN5O5S/c26-21-3-1-18-13-23(4-2-17(18)11-21)37(35,36)30-9-7-29(8-10-30)25(33)24-27-14-20(15-28-24)19-5-6-31(34)22(12-19)16-32/h1-6,11-15,32H,7-10,16H2. The molecule has 2 aromatic heterocycles. The highest BCUT2D eigenvalue weighted by atomic mass is 35.5. The maximum atomic E-state index is 13.2. The Hall–Kier alpha value is -3.64. The minimum atomic E-state index is -3.73. The van der Waals surface area contributed by atoms with Gasteiger partial charge in [-0.05, 0) is 40.6 Å². The van der Waals surface area contributed by atoms with Crippen molar-refractivity contribution in [3.63, 3.8) is 0 Å². The second-order valence-corrected chi connectivity index (χ2v) is 10.9. The van der Waals surface area contributed by atoms with Gasteiger partial charge in [-0.2, -0.15) is 9.04 Å². The summed E-state index contributed by atoms with van der Waals surface area (Å²) in [6.45, 7) is 0.289. The molecule has 12 heteroatoms. The van der Waals surface area contributed by atoms with Crippen LogP contribution in [0.3, 0.4) is 0 Å². The number of carbonyl (C=O) groups excluding carboxylic acids is 1. The molecule has 190 valence electrons. The predicted molar refractivity (Wildman–Crippen MR) is 136 cm³/mol. The highest BCUT2D eigenvalue weighted by Crippen LogP contribution is 2.25. The number of nitrogens with zero attached hydrogens (tertiary/aromatic N) is 5. The van der Waals surface area contributed by atoms with Crippen LogP contribution in [0.5, 0.6) is 0 Å². The number of hydrogen-bond acceptors (Lipinski definition) is 7. The van der Waals surface area contributed by atoms with Crippen LogP contribution in [0.15, 0.2) is 72.0 Å². The number of amides is 1. The Kier molecular flexibility index (Phi) is 6.78. The van der Waals surface area contributed by atoms with Crippen LogP contribution in [0.25, 0.3) is 21.9 Å². The third kappa shape index (κ3) is 4.98. The highest BCUT2D eigenvalue weighted by molar-refractivity contribution is 7.89. The summed E-state index contributed by atoms with van der Waals surface area (Å²) in [6.07, 6.45) is 4.22. The van der Waals surface area contributed by atoms with Crippen LogP contribution >= 0.6 is 11.6 Å². The molecule has 0 atom stereocenters. The van der Waals surface area contributed by atoms with Crippen molar-refractivity contribution in [1.82, 2.24) is 19.2 Å². The molecule has 1 aliphatic rings. The van der Waals surface area contributed by atoms with Crippen molar-refractivity contribution in [3.05, 3.63) is 88.9 Å². The van der Waals surface area contributed by atoms with E-state index in [1.807, 2.05) is 0 Å². The second-order valence-electron chi connectivity index (χ2n) is 8.54. The van der Waals surface area contributed by atoms with Gasteiger partial charge in [0, 0.05) is 61.3 Å². The van der Waals surface area contributed by atoms with Crippen molar-refractivity contribution in [2.45, 2.75) is 11.5 Å². The quantitative estimate of drug-likeness (QED) is 0.304. The van der Waals surface area contributed by atoms with Crippen LogP contribution in [0.2, 0.25) is 5.02 Å². The normalized spacial score (nSPS) is 14.7. The Bertz CT molecular complexity index is 1590. The molecule has 3 heterocycles. The third-order valence-corrected chi connectivity index (χ3v) is 8.40. The number of aliphatic hydroxyl groups is 1. The van der Waals surface area contributed by atoms with E-state index in [0.29, 0.717) is 20.9 Å². The molecule has 0 aliphatic carbocycles. The average molecular weight is 540 g/mol. The van der Waals surface area contributed by atoms with Gasteiger partial charge in [-0.3, -0.25) is 4.79 Å². The van der Waals surface area contributed by atoms with Gasteiger partial charge in [0.25, 0.3) is 5.91 Å². The Labute approximate surface area is 218 Å². The molecule has 37 heavy (non-hydrogen) atoms. The zero-order chi connectivity index (χ0) is 26.2. The van der Waals surface area contributed by atoms with E-state index in [-0.39, 0.29) is 42.6 Å².